The van der Waals surface area contributed by atoms with Gasteiger partial charge in [-0.25, -0.2) is 18.2 Å². The summed E-state index contributed by atoms with van der Waals surface area (Å²) in [5.74, 6) is -2.95. The Morgan fingerprint density at radius 3 is 2.72 bits per heavy atom. The van der Waals surface area contributed by atoms with Crippen LogP contribution in [-0.2, 0) is 11.2 Å². The van der Waals surface area contributed by atoms with Gasteiger partial charge in [-0.2, -0.15) is 0 Å². The van der Waals surface area contributed by atoms with Crippen molar-refractivity contribution >= 4 is 11.6 Å². The number of carbonyl (C=O) groups is 1. The van der Waals surface area contributed by atoms with Gasteiger partial charge in [-0.15, -0.1) is 0 Å². The summed E-state index contributed by atoms with van der Waals surface area (Å²) in [7, 11) is 1.37. The van der Waals surface area contributed by atoms with Crippen LogP contribution in [0.3, 0.4) is 0 Å². The summed E-state index contributed by atoms with van der Waals surface area (Å²) in [4.78, 5) is 16.0. The van der Waals surface area contributed by atoms with Crippen molar-refractivity contribution in [3.63, 3.8) is 0 Å². The first-order valence-corrected chi connectivity index (χ1v) is 9.18. The van der Waals surface area contributed by atoms with Crippen LogP contribution in [0.5, 0.6) is 0 Å². The van der Waals surface area contributed by atoms with Crippen LogP contribution in [0.2, 0.25) is 0 Å². The predicted octanol–water partition coefficient (Wildman–Crippen LogP) is 2.31. The Morgan fingerprint density at radius 2 is 2.07 bits per heavy atom. The zero-order valence-electron chi connectivity index (χ0n) is 15.6. The fourth-order valence-electron chi connectivity index (χ4n) is 3.51. The molecular weight excluding hydrogens is 385 g/mol. The number of aromatic nitrogens is 2. The second kappa shape index (κ2) is 7.84. The number of halogens is 3. The number of nitrogens with zero attached hydrogens (tertiary/aromatic N) is 2. The molecule has 1 fully saturated rings. The van der Waals surface area contributed by atoms with Gasteiger partial charge in [0.2, 0.25) is 0 Å². The lowest BCUT2D eigenvalue weighted by Gasteiger charge is -2.24. The van der Waals surface area contributed by atoms with Crippen molar-refractivity contribution < 1.29 is 22.7 Å². The average Bonchev–Trinajstić information content (AvgIpc) is 3.04. The van der Waals surface area contributed by atoms with E-state index in [9.17, 15) is 18.0 Å². The summed E-state index contributed by atoms with van der Waals surface area (Å²) in [5.41, 5.74) is 0.290. The second-order valence-electron chi connectivity index (χ2n) is 6.78. The monoisotopic (exact) mass is 404 g/mol. The Balaban J connectivity index is 1.86. The average molecular weight is 404 g/mol. The van der Waals surface area contributed by atoms with Gasteiger partial charge in [-0.1, -0.05) is 0 Å². The fourth-order valence-corrected chi connectivity index (χ4v) is 3.51. The van der Waals surface area contributed by atoms with Crippen LogP contribution in [-0.4, -0.2) is 48.1 Å². The molecule has 1 aliphatic heterocycles. The van der Waals surface area contributed by atoms with E-state index in [0.717, 1.165) is 18.7 Å². The molecule has 29 heavy (non-hydrogen) atoms. The Hall–Kier alpha value is -2.91. The van der Waals surface area contributed by atoms with Gasteiger partial charge in [0.15, 0.2) is 0 Å². The molecular formula is C20H19F3N4O2. The molecule has 1 saturated heterocycles. The Kier molecular flexibility index (Phi) is 5.25. The number of hydrogen-bond donors (Lipinski definition) is 2. The van der Waals surface area contributed by atoms with Crippen LogP contribution < -0.4 is 10.6 Å². The molecule has 0 unspecified atom stereocenters. The number of rotatable bonds is 4. The molecule has 0 bridgehead atoms. The van der Waals surface area contributed by atoms with Crippen molar-refractivity contribution in [2.24, 2.45) is 0 Å². The minimum atomic E-state index is -0.920. The maximum Gasteiger partial charge on any atom is 0.251 e. The van der Waals surface area contributed by atoms with E-state index in [4.69, 9.17) is 4.74 Å². The summed E-state index contributed by atoms with van der Waals surface area (Å²) in [6, 6.07) is 4.37. The van der Waals surface area contributed by atoms with Crippen molar-refractivity contribution in [2.45, 2.75) is 12.5 Å². The number of ether oxygens (including phenoxy) is 1. The smallest absolute Gasteiger partial charge is 0.251 e. The van der Waals surface area contributed by atoms with Crippen LogP contribution in [0.25, 0.3) is 16.9 Å². The van der Waals surface area contributed by atoms with Crippen molar-refractivity contribution in [2.75, 3.05) is 26.7 Å². The van der Waals surface area contributed by atoms with Crippen LogP contribution in [0.1, 0.15) is 16.1 Å². The maximum absolute atomic E-state index is 14.9. The number of fused-ring (bicyclic) bond motifs is 1. The zero-order valence-corrected chi connectivity index (χ0v) is 15.6. The van der Waals surface area contributed by atoms with E-state index in [0.29, 0.717) is 25.3 Å². The maximum atomic E-state index is 14.9. The van der Waals surface area contributed by atoms with Gasteiger partial charge in [0, 0.05) is 44.4 Å². The third-order valence-electron chi connectivity index (χ3n) is 4.88. The summed E-state index contributed by atoms with van der Waals surface area (Å²) in [6.07, 6.45) is 1.58. The summed E-state index contributed by atoms with van der Waals surface area (Å²) in [5, 5.41) is 5.54. The van der Waals surface area contributed by atoms with Crippen molar-refractivity contribution in [1.82, 2.24) is 20.0 Å². The molecule has 3 heterocycles. The van der Waals surface area contributed by atoms with Crippen molar-refractivity contribution in [3.05, 3.63) is 59.2 Å². The normalized spacial score (nSPS) is 16.9. The van der Waals surface area contributed by atoms with E-state index in [1.807, 2.05) is 0 Å². The fraction of sp³-hybridized carbons (Fsp3) is 0.300. The molecule has 0 aliphatic carbocycles. The molecule has 3 aromatic rings. The lowest BCUT2D eigenvalue weighted by Crippen LogP contribution is -2.39. The molecule has 4 rings (SSSR count). The topological polar surface area (TPSA) is 67.7 Å². The minimum Gasteiger partial charge on any atom is -0.375 e. The van der Waals surface area contributed by atoms with Crippen molar-refractivity contribution in [3.8, 4) is 11.3 Å². The van der Waals surface area contributed by atoms with Crippen LogP contribution in [0.15, 0.2) is 30.5 Å². The first-order chi connectivity index (χ1) is 14.0. The van der Waals surface area contributed by atoms with E-state index in [1.165, 1.54) is 25.4 Å². The lowest BCUT2D eigenvalue weighted by molar-refractivity contribution is 0.0286. The number of amides is 1. The van der Waals surface area contributed by atoms with Crippen LogP contribution >= 0.6 is 0 Å². The quantitative estimate of drug-likeness (QED) is 0.701. The molecule has 0 saturated carbocycles. The number of nitrogens with one attached hydrogen (secondary N) is 2. The summed E-state index contributed by atoms with van der Waals surface area (Å²) in [6.45, 7) is 1.83. The van der Waals surface area contributed by atoms with Gasteiger partial charge in [-0.05, 0) is 18.2 Å². The Bertz CT molecular complexity index is 1050. The second-order valence-corrected chi connectivity index (χ2v) is 6.78. The van der Waals surface area contributed by atoms with E-state index in [1.54, 1.807) is 4.40 Å². The number of morpholine rings is 1. The van der Waals surface area contributed by atoms with E-state index in [2.05, 4.69) is 15.6 Å². The lowest BCUT2D eigenvalue weighted by atomic mass is 10.0. The van der Waals surface area contributed by atoms with Crippen LogP contribution in [0, 0.1) is 17.5 Å². The van der Waals surface area contributed by atoms with Gasteiger partial charge in [0.05, 0.1) is 29.7 Å². The molecule has 6 nitrogen and oxygen atoms in total. The number of pyridine rings is 1. The first kappa shape index (κ1) is 19.4. The minimum absolute atomic E-state index is 0.0585. The molecule has 152 valence electrons. The van der Waals surface area contributed by atoms with Gasteiger partial charge in [0.1, 0.15) is 23.1 Å². The third kappa shape index (κ3) is 3.70. The molecule has 9 heteroatoms. The molecule has 0 spiro atoms. The number of hydrogen-bond acceptors (Lipinski definition) is 4. The number of imidazole rings is 1. The highest BCUT2D eigenvalue weighted by Crippen LogP contribution is 2.31. The number of carbonyl (C=O) groups excluding carboxylic acids is 1. The van der Waals surface area contributed by atoms with E-state index < -0.39 is 23.4 Å². The molecule has 2 N–H and O–H groups in total. The predicted molar refractivity (Wildman–Crippen MR) is 100 cm³/mol. The molecule has 1 amide bonds. The highest BCUT2D eigenvalue weighted by molar-refractivity contribution is 5.94. The highest BCUT2D eigenvalue weighted by atomic mass is 19.1. The van der Waals surface area contributed by atoms with Gasteiger partial charge in [0.25, 0.3) is 5.91 Å². The van der Waals surface area contributed by atoms with Gasteiger partial charge >= 0.3 is 0 Å². The SMILES string of the molecule is CNC(=O)c1cc(F)c(-c2nc3cc(F)ccn3c2C[C@H]2CNCCO2)c(F)c1. The molecule has 1 atom stereocenters. The van der Waals surface area contributed by atoms with Gasteiger partial charge in [-0.3, -0.25) is 4.79 Å². The standard InChI is InChI=1S/C20H19F3N4O2/c1-24-20(28)11-6-14(22)18(15(23)7-11)19-16(9-13-10-25-3-5-29-13)27-4-2-12(21)8-17(27)26-19/h2,4,6-8,13,25H,3,5,9-10H2,1H3,(H,24,28)/t13-/m0/s1. The largest absolute Gasteiger partial charge is 0.375 e. The first-order valence-electron chi connectivity index (χ1n) is 9.18. The van der Waals surface area contributed by atoms with E-state index >= 15 is 0 Å². The summed E-state index contributed by atoms with van der Waals surface area (Å²) < 4.78 is 50.8. The Labute approximate surface area is 164 Å². The zero-order chi connectivity index (χ0) is 20.5. The molecule has 1 aliphatic rings. The number of benzene rings is 1. The third-order valence-corrected chi connectivity index (χ3v) is 4.88. The molecule has 0 radical (unpaired) electrons. The van der Waals surface area contributed by atoms with E-state index in [-0.39, 0.29) is 28.6 Å². The highest BCUT2D eigenvalue weighted by Gasteiger charge is 2.25. The van der Waals surface area contributed by atoms with Crippen molar-refractivity contribution in [1.29, 1.82) is 0 Å². The summed E-state index contributed by atoms with van der Waals surface area (Å²) >= 11 is 0. The van der Waals surface area contributed by atoms with Gasteiger partial charge < -0.3 is 19.8 Å². The van der Waals surface area contributed by atoms with Crippen LogP contribution in [0.4, 0.5) is 13.2 Å². The molecule has 1 aromatic carbocycles. The molecule has 2 aromatic heterocycles. The Morgan fingerprint density at radius 1 is 1.31 bits per heavy atom.